The van der Waals surface area contributed by atoms with Crippen molar-refractivity contribution in [1.29, 1.82) is 0 Å². The van der Waals surface area contributed by atoms with Gasteiger partial charge in [0.1, 0.15) is 0 Å². The summed E-state index contributed by atoms with van der Waals surface area (Å²) in [5.41, 5.74) is 1.15. The van der Waals surface area contributed by atoms with Gasteiger partial charge in [-0.05, 0) is 65.1 Å². The van der Waals surface area contributed by atoms with Gasteiger partial charge in [0.2, 0.25) is 15.9 Å². The zero-order valence-corrected chi connectivity index (χ0v) is 18.2. The topological polar surface area (TPSA) is 81.8 Å². The second kappa shape index (κ2) is 10.8. The molecular weight excluding hydrogens is 364 g/mol. The number of sulfonamides is 1. The molecule has 0 unspecified atom stereocenters. The smallest absolute Gasteiger partial charge is 0.243 e. The van der Waals surface area contributed by atoms with E-state index in [0.717, 1.165) is 19.5 Å². The highest BCUT2D eigenvalue weighted by Gasteiger charge is 2.24. The van der Waals surface area contributed by atoms with Crippen LogP contribution in [0.15, 0.2) is 23.1 Å². The predicted octanol–water partition coefficient (Wildman–Crippen LogP) is 1.89. The summed E-state index contributed by atoms with van der Waals surface area (Å²) in [5.74, 6) is -0.185. The minimum absolute atomic E-state index is 0.185. The minimum Gasteiger partial charge on any atom is -0.325 e. The molecule has 0 saturated carbocycles. The summed E-state index contributed by atoms with van der Waals surface area (Å²) in [7, 11) is 0.448. The van der Waals surface area contributed by atoms with Crippen LogP contribution in [-0.4, -0.2) is 69.8 Å². The Morgan fingerprint density at radius 2 is 1.81 bits per heavy atom. The highest BCUT2D eigenvalue weighted by molar-refractivity contribution is 7.89. The first kappa shape index (κ1) is 23.6. The molecular formula is C19H34N4O3S. The molecule has 0 aliphatic heterocycles. The van der Waals surface area contributed by atoms with Crippen molar-refractivity contribution in [2.24, 2.45) is 0 Å². The number of nitrogens with one attached hydrogen (secondary N) is 2. The molecule has 154 valence electrons. The number of rotatable bonds is 11. The van der Waals surface area contributed by atoms with E-state index in [1.807, 2.05) is 27.9 Å². The molecule has 8 heteroatoms. The van der Waals surface area contributed by atoms with Gasteiger partial charge in [0, 0.05) is 18.8 Å². The summed E-state index contributed by atoms with van der Waals surface area (Å²) in [4.78, 5) is 14.7. The maximum absolute atomic E-state index is 12.8. The number of hydrogen-bond donors (Lipinski definition) is 2. The minimum atomic E-state index is -3.57. The molecule has 0 aliphatic rings. The lowest BCUT2D eigenvalue weighted by atomic mass is 10.2. The van der Waals surface area contributed by atoms with Gasteiger partial charge in [-0.3, -0.25) is 4.79 Å². The number of benzene rings is 1. The number of amides is 1. The quantitative estimate of drug-likeness (QED) is 0.557. The number of carbonyl (C=O) groups excluding carboxylic acids is 1. The van der Waals surface area contributed by atoms with E-state index in [1.54, 1.807) is 32.0 Å². The third-order valence-corrected chi connectivity index (χ3v) is 6.60. The van der Waals surface area contributed by atoms with Crippen molar-refractivity contribution < 1.29 is 13.2 Å². The monoisotopic (exact) mass is 398 g/mol. The highest BCUT2D eigenvalue weighted by atomic mass is 32.2. The molecule has 0 saturated heterocycles. The standard InChI is InChI=1S/C19H34N4O3S/c1-7-23(8-2)27(25,26)18-14-17(11-10-15(18)3)21-19(24)16(4)20-12-9-13-22(5)6/h10-11,14,16,20H,7-9,12-13H2,1-6H3,(H,21,24)/t16-/m0/s1. The molecule has 0 heterocycles. The lowest BCUT2D eigenvalue weighted by Crippen LogP contribution is -2.39. The van der Waals surface area contributed by atoms with Crippen LogP contribution in [0, 0.1) is 6.92 Å². The Labute approximate surface area is 164 Å². The molecule has 0 fully saturated rings. The van der Waals surface area contributed by atoms with E-state index in [2.05, 4.69) is 15.5 Å². The Kier molecular flexibility index (Phi) is 9.38. The van der Waals surface area contributed by atoms with Gasteiger partial charge in [0.25, 0.3) is 0 Å². The molecule has 0 aromatic heterocycles. The first-order valence-electron chi connectivity index (χ1n) is 9.43. The van der Waals surface area contributed by atoms with Crippen LogP contribution in [0.3, 0.4) is 0 Å². The maximum Gasteiger partial charge on any atom is 0.243 e. The van der Waals surface area contributed by atoms with E-state index in [9.17, 15) is 13.2 Å². The summed E-state index contributed by atoms with van der Waals surface area (Å²) in [6.45, 7) is 9.68. The van der Waals surface area contributed by atoms with Gasteiger partial charge in [-0.1, -0.05) is 19.9 Å². The summed E-state index contributed by atoms with van der Waals surface area (Å²) >= 11 is 0. The molecule has 2 N–H and O–H groups in total. The number of hydrogen-bond acceptors (Lipinski definition) is 5. The van der Waals surface area contributed by atoms with Gasteiger partial charge in [-0.25, -0.2) is 8.42 Å². The SMILES string of the molecule is CCN(CC)S(=O)(=O)c1cc(NC(=O)[C@H](C)NCCCN(C)C)ccc1C. The van der Waals surface area contributed by atoms with Gasteiger partial charge in [0.15, 0.2) is 0 Å². The Morgan fingerprint density at radius 1 is 1.19 bits per heavy atom. The van der Waals surface area contributed by atoms with Crippen molar-refractivity contribution in [3.63, 3.8) is 0 Å². The molecule has 1 aromatic carbocycles. The Morgan fingerprint density at radius 3 is 2.37 bits per heavy atom. The van der Waals surface area contributed by atoms with E-state index in [1.165, 1.54) is 4.31 Å². The van der Waals surface area contributed by atoms with Gasteiger partial charge in [0.05, 0.1) is 10.9 Å². The first-order chi connectivity index (χ1) is 12.6. The normalized spacial score (nSPS) is 13.2. The summed E-state index contributed by atoms with van der Waals surface area (Å²) in [6.07, 6.45) is 0.946. The van der Waals surface area contributed by atoms with E-state index >= 15 is 0 Å². The molecule has 0 radical (unpaired) electrons. The first-order valence-corrected chi connectivity index (χ1v) is 10.9. The fourth-order valence-corrected chi connectivity index (χ4v) is 4.42. The van der Waals surface area contributed by atoms with Crippen molar-refractivity contribution in [2.45, 2.75) is 45.1 Å². The van der Waals surface area contributed by atoms with E-state index in [-0.39, 0.29) is 16.8 Å². The van der Waals surface area contributed by atoms with Crippen molar-refractivity contribution in [1.82, 2.24) is 14.5 Å². The van der Waals surface area contributed by atoms with Crippen molar-refractivity contribution in [3.05, 3.63) is 23.8 Å². The van der Waals surface area contributed by atoms with Crippen molar-refractivity contribution in [2.75, 3.05) is 45.6 Å². The molecule has 7 nitrogen and oxygen atoms in total. The van der Waals surface area contributed by atoms with Crippen LogP contribution in [0.2, 0.25) is 0 Å². The predicted molar refractivity (Wildman–Crippen MR) is 111 cm³/mol. The lowest BCUT2D eigenvalue weighted by molar-refractivity contribution is -0.117. The highest BCUT2D eigenvalue weighted by Crippen LogP contribution is 2.23. The number of aryl methyl sites for hydroxylation is 1. The molecule has 1 atom stereocenters. The third kappa shape index (κ3) is 6.88. The van der Waals surface area contributed by atoms with E-state index < -0.39 is 10.0 Å². The largest absolute Gasteiger partial charge is 0.325 e. The molecule has 0 aliphatic carbocycles. The van der Waals surface area contributed by atoms with Gasteiger partial charge < -0.3 is 15.5 Å². The van der Waals surface area contributed by atoms with Crippen LogP contribution in [0.1, 0.15) is 32.8 Å². The zero-order valence-electron chi connectivity index (χ0n) is 17.4. The number of carbonyl (C=O) groups is 1. The third-order valence-electron chi connectivity index (χ3n) is 4.40. The average molecular weight is 399 g/mol. The van der Waals surface area contributed by atoms with Gasteiger partial charge in [-0.15, -0.1) is 0 Å². The van der Waals surface area contributed by atoms with Gasteiger partial charge in [-0.2, -0.15) is 4.31 Å². The molecule has 0 bridgehead atoms. The van der Waals surface area contributed by atoms with Crippen LogP contribution in [0.5, 0.6) is 0 Å². The van der Waals surface area contributed by atoms with Gasteiger partial charge >= 0.3 is 0 Å². The Balaban J connectivity index is 2.83. The second-order valence-electron chi connectivity index (χ2n) is 6.89. The average Bonchev–Trinajstić information content (AvgIpc) is 2.60. The van der Waals surface area contributed by atoms with Crippen LogP contribution in [-0.2, 0) is 14.8 Å². The Bertz CT molecular complexity index is 716. The fourth-order valence-electron chi connectivity index (χ4n) is 2.72. The fraction of sp³-hybridized carbons (Fsp3) is 0.632. The van der Waals surface area contributed by atoms with Crippen LogP contribution in [0.4, 0.5) is 5.69 Å². The number of anilines is 1. The molecule has 1 amide bonds. The van der Waals surface area contributed by atoms with Crippen LogP contribution >= 0.6 is 0 Å². The maximum atomic E-state index is 12.8. The molecule has 1 rings (SSSR count). The molecule has 27 heavy (non-hydrogen) atoms. The van der Waals surface area contributed by atoms with Crippen molar-refractivity contribution in [3.8, 4) is 0 Å². The van der Waals surface area contributed by atoms with Crippen molar-refractivity contribution >= 4 is 21.6 Å². The molecule has 1 aromatic rings. The summed E-state index contributed by atoms with van der Waals surface area (Å²) < 4.78 is 27.0. The zero-order chi connectivity index (χ0) is 20.6. The summed E-state index contributed by atoms with van der Waals surface area (Å²) in [5, 5.41) is 6.00. The number of nitrogens with zero attached hydrogens (tertiary/aromatic N) is 2. The van der Waals surface area contributed by atoms with Crippen LogP contribution < -0.4 is 10.6 Å². The lowest BCUT2D eigenvalue weighted by Gasteiger charge is -2.21. The van der Waals surface area contributed by atoms with E-state index in [4.69, 9.17) is 0 Å². The molecule has 0 spiro atoms. The van der Waals surface area contributed by atoms with E-state index in [0.29, 0.717) is 24.3 Å². The van der Waals surface area contributed by atoms with Crippen LogP contribution in [0.25, 0.3) is 0 Å². The Hall–Kier alpha value is -1.48. The second-order valence-corrected chi connectivity index (χ2v) is 8.80. The summed E-state index contributed by atoms with van der Waals surface area (Å²) in [6, 6.07) is 4.63.